The maximum atomic E-state index is 12.8. The molecule has 1 unspecified atom stereocenters. The zero-order chi connectivity index (χ0) is 27.3. The minimum absolute atomic E-state index is 0.117. The zero-order valence-corrected chi connectivity index (χ0v) is 21.5. The van der Waals surface area contributed by atoms with Crippen LogP contribution in [0.1, 0.15) is 37.8 Å². The Labute approximate surface area is 226 Å². The van der Waals surface area contributed by atoms with Crippen molar-refractivity contribution in [2.24, 2.45) is 0 Å². The highest BCUT2D eigenvalue weighted by Gasteiger charge is 2.47. The average molecular weight is 521 g/mol. The molecule has 0 bridgehead atoms. The number of aliphatic hydroxyl groups is 1. The lowest BCUT2D eigenvalue weighted by Crippen LogP contribution is -2.65. The molecular formula is C31H37NO6. The molecule has 38 heavy (non-hydrogen) atoms. The van der Waals surface area contributed by atoms with Crippen LogP contribution in [0.4, 0.5) is 0 Å². The molecule has 5 atom stereocenters. The van der Waals surface area contributed by atoms with E-state index in [1.165, 1.54) is 0 Å². The van der Waals surface area contributed by atoms with E-state index in [2.05, 4.69) is 5.32 Å². The van der Waals surface area contributed by atoms with Gasteiger partial charge in [-0.2, -0.15) is 0 Å². The van der Waals surface area contributed by atoms with Crippen LogP contribution in [-0.2, 0) is 43.6 Å². The van der Waals surface area contributed by atoms with Gasteiger partial charge in [-0.15, -0.1) is 0 Å². The molecule has 1 heterocycles. The molecule has 1 aliphatic heterocycles. The van der Waals surface area contributed by atoms with Gasteiger partial charge in [0.05, 0.1) is 26.4 Å². The lowest BCUT2D eigenvalue weighted by molar-refractivity contribution is -0.284. The third-order valence-electron chi connectivity index (χ3n) is 6.34. The van der Waals surface area contributed by atoms with Crippen molar-refractivity contribution in [1.82, 2.24) is 5.32 Å². The molecular weight excluding hydrogens is 482 g/mol. The first-order valence-electron chi connectivity index (χ1n) is 13.7. The number of carbonyl (C=O) groups is 1. The molecule has 1 aliphatic rings. The average Bonchev–Trinajstić information content (AvgIpc) is 2.98. The van der Waals surface area contributed by atoms with E-state index in [1.54, 1.807) is 0 Å². The first-order valence-corrected chi connectivity index (χ1v) is 13.0. The number of carbonyl (C=O) groups excluding carboxylic acids is 1. The number of ether oxygens (including phenoxy) is 4. The molecule has 7 nitrogen and oxygen atoms in total. The van der Waals surface area contributed by atoms with Crippen molar-refractivity contribution in [2.75, 3.05) is 6.61 Å². The Hall–Kier alpha value is -3.07. The van der Waals surface area contributed by atoms with Gasteiger partial charge in [0, 0.05) is 7.79 Å². The highest BCUT2D eigenvalue weighted by Crippen LogP contribution is 2.27. The summed E-state index contributed by atoms with van der Waals surface area (Å²) in [6, 6.07) is 28.3. The SMILES string of the molecule is [2H]CCCC(=O)N[C@H]1C(OCc2ccccc2)O[C@H](COCc2ccccc2)[C@@H](O)[C@@H]1OCc1ccccc1. The van der Waals surface area contributed by atoms with E-state index >= 15 is 0 Å². The number of hydrogen-bond donors (Lipinski definition) is 2. The second kappa shape index (κ2) is 14.8. The minimum atomic E-state index is -1.08. The molecule has 1 fully saturated rings. The molecule has 4 rings (SSSR count). The summed E-state index contributed by atoms with van der Waals surface area (Å²) in [5, 5.41) is 14.4. The molecule has 0 aromatic heterocycles. The van der Waals surface area contributed by atoms with Crippen LogP contribution in [0.2, 0.25) is 0 Å². The molecule has 202 valence electrons. The third-order valence-corrected chi connectivity index (χ3v) is 6.34. The largest absolute Gasteiger partial charge is 0.388 e. The van der Waals surface area contributed by atoms with Crippen LogP contribution in [0.25, 0.3) is 0 Å². The summed E-state index contributed by atoms with van der Waals surface area (Å²) in [5.74, 6) is -0.247. The fourth-order valence-corrected chi connectivity index (χ4v) is 4.35. The van der Waals surface area contributed by atoms with Gasteiger partial charge in [-0.25, -0.2) is 0 Å². The van der Waals surface area contributed by atoms with Crippen LogP contribution >= 0.6 is 0 Å². The van der Waals surface area contributed by atoms with Crippen LogP contribution in [-0.4, -0.2) is 48.3 Å². The van der Waals surface area contributed by atoms with Crippen molar-refractivity contribution in [3.8, 4) is 0 Å². The normalized spacial score (nSPS) is 23.5. The standard InChI is InChI=1S/C31H37NO6/c1-2-12-27(33)32-28-30(36-20-24-15-8-4-9-16-24)29(34)26(22-35-19-23-13-6-3-7-14-23)38-31(28)37-21-25-17-10-5-11-18-25/h3-11,13-18,26,28-31,34H,2,12,19-22H2,1H3,(H,32,33)/t26-,28-,29-,30-,31?/m1/s1/i1D. The molecule has 0 saturated carbocycles. The summed E-state index contributed by atoms with van der Waals surface area (Å²) in [4.78, 5) is 12.8. The topological polar surface area (TPSA) is 86.3 Å². The van der Waals surface area contributed by atoms with Crippen molar-refractivity contribution in [3.05, 3.63) is 108 Å². The lowest BCUT2D eigenvalue weighted by atomic mass is 9.96. The van der Waals surface area contributed by atoms with Crippen LogP contribution in [0.15, 0.2) is 91.0 Å². The predicted molar refractivity (Wildman–Crippen MR) is 144 cm³/mol. The monoisotopic (exact) mass is 520 g/mol. The van der Waals surface area contributed by atoms with Gasteiger partial charge in [0.1, 0.15) is 24.4 Å². The maximum absolute atomic E-state index is 12.8. The van der Waals surface area contributed by atoms with Gasteiger partial charge in [-0.1, -0.05) is 97.9 Å². The molecule has 3 aromatic carbocycles. The van der Waals surface area contributed by atoms with Crippen molar-refractivity contribution in [2.45, 2.75) is 70.2 Å². The van der Waals surface area contributed by atoms with E-state index in [9.17, 15) is 9.90 Å². The van der Waals surface area contributed by atoms with Crippen molar-refractivity contribution < 1.29 is 30.2 Å². The van der Waals surface area contributed by atoms with Crippen LogP contribution < -0.4 is 5.32 Å². The molecule has 1 saturated heterocycles. The van der Waals surface area contributed by atoms with Gasteiger partial charge in [0.2, 0.25) is 5.91 Å². The smallest absolute Gasteiger partial charge is 0.220 e. The molecule has 2 N–H and O–H groups in total. The van der Waals surface area contributed by atoms with E-state index in [1.807, 2.05) is 91.0 Å². The summed E-state index contributed by atoms with van der Waals surface area (Å²) in [6.45, 7) is 1.13. The van der Waals surface area contributed by atoms with Gasteiger partial charge in [-0.05, 0) is 23.1 Å². The first kappa shape index (κ1) is 26.5. The van der Waals surface area contributed by atoms with Crippen molar-refractivity contribution >= 4 is 5.91 Å². The van der Waals surface area contributed by atoms with Gasteiger partial charge in [0.15, 0.2) is 6.29 Å². The third kappa shape index (κ3) is 8.21. The summed E-state index contributed by atoms with van der Waals surface area (Å²) < 4.78 is 32.0. The molecule has 7 heteroatoms. The first-order chi connectivity index (χ1) is 19.1. The quantitative estimate of drug-likeness (QED) is 0.348. The Morgan fingerprint density at radius 1 is 0.868 bits per heavy atom. The molecule has 0 spiro atoms. The van der Waals surface area contributed by atoms with E-state index in [-0.39, 0.29) is 39.0 Å². The van der Waals surface area contributed by atoms with Crippen LogP contribution in [0.3, 0.4) is 0 Å². The van der Waals surface area contributed by atoms with Crippen molar-refractivity contribution in [1.29, 1.82) is 0 Å². The van der Waals surface area contributed by atoms with E-state index in [0.717, 1.165) is 16.7 Å². The second-order valence-corrected chi connectivity index (χ2v) is 9.29. The van der Waals surface area contributed by atoms with E-state index in [0.29, 0.717) is 13.0 Å². The molecule has 0 radical (unpaired) electrons. The van der Waals surface area contributed by atoms with Gasteiger partial charge in [-0.3, -0.25) is 4.79 Å². The Kier molecular flexibility index (Phi) is 10.3. The number of amides is 1. The second-order valence-electron chi connectivity index (χ2n) is 9.29. The minimum Gasteiger partial charge on any atom is -0.388 e. The fourth-order valence-electron chi connectivity index (χ4n) is 4.35. The highest BCUT2D eigenvalue weighted by molar-refractivity contribution is 5.76. The summed E-state index contributed by atoms with van der Waals surface area (Å²) in [7, 11) is 0. The summed E-state index contributed by atoms with van der Waals surface area (Å²) in [6.07, 6.45) is -2.90. The Morgan fingerprint density at radius 3 is 2.00 bits per heavy atom. The number of nitrogens with one attached hydrogen (secondary N) is 1. The van der Waals surface area contributed by atoms with Gasteiger partial charge < -0.3 is 29.4 Å². The molecule has 0 aliphatic carbocycles. The highest BCUT2D eigenvalue weighted by atomic mass is 16.7. The van der Waals surface area contributed by atoms with Crippen molar-refractivity contribution in [3.63, 3.8) is 0 Å². The molecule has 3 aromatic rings. The zero-order valence-electron chi connectivity index (χ0n) is 22.5. The number of aliphatic hydroxyl groups excluding tert-OH is 1. The maximum Gasteiger partial charge on any atom is 0.220 e. The lowest BCUT2D eigenvalue weighted by Gasteiger charge is -2.44. The Balaban J connectivity index is 1.52. The number of hydrogen-bond acceptors (Lipinski definition) is 6. The predicted octanol–water partition coefficient (Wildman–Crippen LogP) is 4.38. The summed E-state index contributed by atoms with van der Waals surface area (Å²) in [5.41, 5.74) is 2.90. The fraction of sp³-hybridized carbons (Fsp3) is 0.387. The number of benzene rings is 3. The molecule has 1 amide bonds. The Bertz CT molecular complexity index is 1100. The van der Waals surface area contributed by atoms with Crippen LogP contribution in [0.5, 0.6) is 0 Å². The van der Waals surface area contributed by atoms with Crippen LogP contribution in [0, 0.1) is 0 Å². The number of rotatable bonds is 13. The van der Waals surface area contributed by atoms with Gasteiger partial charge >= 0.3 is 0 Å². The summed E-state index contributed by atoms with van der Waals surface area (Å²) >= 11 is 0. The van der Waals surface area contributed by atoms with E-state index in [4.69, 9.17) is 20.3 Å². The van der Waals surface area contributed by atoms with E-state index < -0.39 is 30.6 Å². The Morgan fingerprint density at radius 2 is 1.42 bits per heavy atom. The van der Waals surface area contributed by atoms with Gasteiger partial charge in [0.25, 0.3) is 0 Å².